The zero-order valence-corrected chi connectivity index (χ0v) is 13.7. The molecule has 0 spiro atoms. The first-order valence-corrected chi connectivity index (χ1v) is 7.86. The molecule has 128 valence electrons. The van der Waals surface area contributed by atoms with Crippen LogP contribution in [-0.4, -0.2) is 32.0 Å². The maximum Gasteiger partial charge on any atom is 0.261 e. The van der Waals surface area contributed by atoms with Crippen LogP contribution in [0.4, 0.5) is 5.82 Å². The highest BCUT2D eigenvalue weighted by molar-refractivity contribution is 5.89. The van der Waals surface area contributed by atoms with Crippen LogP contribution in [0.5, 0.6) is 5.88 Å². The number of aryl methyl sites for hydroxylation is 1. The fourth-order valence-electron chi connectivity index (χ4n) is 2.33. The van der Waals surface area contributed by atoms with Gasteiger partial charge < -0.3 is 10.1 Å². The van der Waals surface area contributed by atoms with Crippen LogP contribution in [0.2, 0.25) is 0 Å². The molecule has 1 N–H and O–H groups in total. The average Bonchev–Trinajstić information content (AvgIpc) is 2.62. The van der Waals surface area contributed by atoms with Crippen molar-refractivity contribution < 1.29 is 9.53 Å². The molecule has 8 nitrogen and oxygen atoms in total. The van der Waals surface area contributed by atoms with Gasteiger partial charge in [0.15, 0.2) is 0 Å². The molecule has 0 aliphatic heterocycles. The lowest BCUT2D eigenvalue weighted by atomic mass is 10.2. The van der Waals surface area contributed by atoms with E-state index in [-0.39, 0.29) is 24.4 Å². The molecule has 0 saturated heterocycles. The van der Waals surface area contributed by atoms with Crippen molar-refractivity contribution in [2.45, 2.75) is 19.9 Å². The van der Waals surface area contributed by atoms with E-state index < -0.39 is 0 Å². The highest BCUT2D eigenvalue weighted by atomic mass is 16.5. The minimum absolute atomic E-state index is 0.119. The molecule has 1 aromatic carbocycles. The van der Waals surface area contributed by atoms with Gasteiger partial charge in [-0.3, -0.25) is 14.2 Å². The standard InChI is InChI=1S/C17H17N5O3/c1-2-25-16-9-14(18-10-19-16)21-15(23)7-8-22-11-20-13-6-4-3-5-12(13)17(22)24/h3-6,9-11H,2,7-8H2,1H3,(H,18,19,21,23). The number of rotatable bonds is 6. The zero-order valence-electron chi connectivity index (χ0n) is 13.7. The number of anilines is 1. The van der Waals surface area contributed by atoms with Crippen molar-refractivity contribution in [1.29, 1.82) is 0 Å². The zero-order chi connectivity index (χ0) is 17.6. The Bertz CT molecular complexity index is 954. The third-order valence-corrected chi connectivity index (χ3v) is 3.51. The summed E-state index contributed by atoms with van der Waals surface area (Å²) in [5, 5.41) is 3.19. The van der Waals surface area contributed by atoms with Crippen molar-refractivity contribution in [3.8, 4) is 5.88 Å². The van der Waals surface area contributed by atoms with E-state index in [4.69, 9.17) is 4.74 Å². The molecular weight excluding hydrogens is 322 g/mol. The smallest absolute Gasteiger partial charge is 0.261 e. The number of benzene rings is 1. The first-order chi connectivity index (χ1) is 12.2. The van der Waals surface area contributed by atoms with Crippen LogP contribution in [0.3, 0.4) is 0 Å². The summed E-state index contributed by atoms with van der Waals surface area (Å²) in [6, 6.07) is 8.65. The Morgan fingerprint density at radius 3 is 2.92 bits per heavy atom. The van der Waals surface area contributed by atoms with Gasteiger partial charge in [0.05, 0.1) is 23.8 Å². The average molecular weight is 339 g/mol. The van der Waals surface area contributed by atoms with E-state index in [2.05, 4.69) is 20.3 Å². The van der Waals surface area contributed by atoms with E-state index in [0.717, 1.165) is 0 Å². The lowest BCUT2D eigenvalue weighted by molar-refractivity contribution is -0.116. The van der Waals surface area contributed by atoms with E-state index in [1.54, 1.807) is 24.3 Å². The minimum Gasteiger partial charge on any atom is -0.478 e. The summed E-state index contributed by atoms with van der Waals surface area (Å²) in [5.41, 5.74) is 0.469. The Hall–Kier alpha value is -3.29. The lowest BCUT2D eigenvalue weighted by Crippen LogP contribution is -2.23. The number of amides is 1. The highest BCUT2D eigenvalue weighted by Crippen LogP contribution is 2.11. The molecule has 0 atom stereocenters. The van der Waals surface area contributed by atoms with Crippen molar-refractivity contribution >= 4 is 22.6 Å². The number of hydrogen-bond donors (Lipinski definition) is 1. The number of nitrogens with one attached hydrogen (secondary N) is 1. The molecule has 0 aliphatic rings. The maximum atomic E-state index is 12.4. The summed E-state index contributed by atoms with van der Waals surface area (Å²) in [7, 11) is 0. The Morgan fingerprint density at radius 2 is 2.08 bits per heavy atom. The second kappa shape index (κ2) is 7.52. The van der Waals surface area contributed by atoms with Gasteiger partial charge >= 0.3 is 0 Å². The van der Waals surface area contributed by atoms with Crippen molar-refractivity contribution in [2.75, 3.05) is 11.9 Å². The second-order valence-corrected chi connectivity index (χ2v) is 5.23. The van der Waals surface area contributed by atoms with Crippen LogP contribution in [-0.2, 0) is 11.3 Å². The van der Waals surface area contributed by atoms with Crippen molar-refractivity contribution in [1.82, 2.24) is 19.5 Å². The number of carbonyl (C=O) groups excluding carboxylic acids is 1. The second-order valence-electron chi connectivity index (χ2n) is 5.23. The van der Waals surface area contributed by atoms with E-state index in [0.29, 0.717) is 29.2 Å². The quantitative estimate of drug-likeness (QED) is 0.732. The highest BCUT2D eigenvalue weighted by Gasteiger charge is 2.08. The normalized spacial score (nSPS) is 10.6. The monoisotopic (exact) mass is 339 g/mol. The van der Waals surface area contributed by atoms with Gasteiger partial charge in [-0.1, -0.05) is 12.1 Å². The molecule has 0 unspecified atom stereocenters. The fraction of sp³-hybridized carbons (Fsp3) is 0.235. The number of nitrogens with zero attached hydrogens (tertiary/aromatic N) is 4. The third-order valence-electron chi connectivity index (χ3n) is 3.51. The molecule has 2 heterocycles. The number of aromatic nitrogens is 4. The van der Waals surface area contributed by atoms with Crippen molar-refractivity contribution in [3.63, 3.8) is 0 Å². The lowest BCUT2D eigenvalue weighted by Gasteiger charge is -2.08. The Labute approximate surface area is 143 Å². The Morgan fingerprint density at radius 1 is 1.24 bits per heavy atom. The third kappa shape index (κ3) is 3.97. The van der Waals surface area contributed by atoms with Gasteiger partial charge in [-0.2, -0.15) is 0 Å². The van der Waals surface area contributed by atoms with Gasteiger partial charge in [0.2, 0.25) is 11.8 Å². The SMILES string of the molecule is CCOc1cc(NC(=O)CCn2cnc3ccccc3c2=O)ncn1. The van der Waals surface area contributed by atoms with Gasteiger partial charge in [0.1, 0.15) is 12.1 Å². The summed E-state index contributed by atoms with van der Waals surface area (Å²) in [6.45, 7) is 2.55. The first kappa shape index (κ1) is 16.6. The van der Waals surface area contributed by atoms with Gasteiger partial charge in [-0.15, -0.1) is 0 Å². The van der Waals surface area contributed by atoms with E-state index in [9.17, 15) is 9.59 Å². The number of hydrogen-bond acceptors (Lipinski definition) is 6. The van der Waals surface area contributed by atoms with Crippen LogP contribution in [0, 0.1) is 0 Å². The molecule has 3 rings (SSSR count). The van der Waals surface area contributed by atoms with Crippen LogP contribution in [0.15, 0.2) is 47.8 Å². The largest absolute Gasteiger partial charge is 0.478 e. The summed E-state index contributed by atoms with van der Waals surface area (Å²) in [6.07, 6.45) is 2.89. The predicted molar refractivity (Wildman–Crippen MR) is 92.5 cm³/mol. The molecular formula is C17H17N5O3. The Balaban J connectivity index is 1.65. The first-order valence-electron chi connectivity index (χ1n) is 7.86. The van der Waals surface area contributed by atoms with Crippen molar-refractivity contribution in [2.24, 2.45) is 0 Å². The molecule has 0 bridgehead atoms. The minimum atomic E-state index is -0.263. The van der Waals surface area contributed by atoms with Crippen molar-refractivity contribution in [3.05, 3.63) is 53.3 Å². The van der Waals surface area contributed by atoms with Crippen LogP contribution in [0.25, 0.3) is 10.9 Å². The molecule has 0 saturated carbocycles. The summed E-state index contributed by atoms with van der Waals surface area (Å²) in [5.74, 6) is 0.483. The van der Waals surface area contributed by atoms with E-state index in [1.165, 1.54) is 17.2 Å². The van der Waals surface area contributed by atoms with Crippen LogP contribution >= 0.6 is 0 Å². The number of ether oxygens (including phenoxy) is 1. The topological polar surface area (TPSA) is 99.0 Å². The molecule has 0 radical (unpaired) electrons. The number of carbonyl (C=O) groups is 1. The molecule has 2 aromatic heterocycles. The molecule has 0 aliphatic carbocycles. The van der Waals surface area contributed by atoms with E-state index >= 15 is 0 Å². The maximum absolute atomic E-state index is 12.4. The molecule has 25 heavy (non-hydrogen) atoms. The molecule has 3 aromatic rings. The van der Waals surface area contributed by atoms with Crippen LogP contribution < -0.4 is 15.6 Å². The van der Waals surface area contributed by atoms with E-state index in [1.807, 2.05) is 13.0 Å². The summed E-state index contributed by atoms with van der Waals surface area (Å²) >= 11 is 0. The predicted octanol–water partition coefficient (Wildman–Crippen LogP) is 1.61. The van der Waals surface area contributed by atoms with Gasteiger partial charge in [0, 0.05) is 19.0 Å². The molecule has 0 fully saturated rings. The molecule has 1 amide bonds. The van der Waals surface area contributed by atoms with Gasteiger partial charge in [-0.05, 0) is 19.1 Å². The Kier molecular flexibility index (Phi) is 4.98. The summed E-state index contributed by atoms with van der Waals surface area (Å²) < 4.78 is 6.68. The van der Waals surface area contributed by atoms with Crippen LogP contribution in [0.1, 0.15) is 13.3 Å². The fourth-order valence-corrected chi connectivity index (χ4v) is 2.33. The summed E-state index contributed by atoms with van der Waals surface area (Å²) in [4.78, 5) is 36.6. The van der Waals surface area contributed by atoms with Gasteiger partial charge in [-0.25, -0.2) is 15.0 Å². The van der Waals surface area contributed by atoms with Gasteiger partial charge in [0.25, 0.3) is 5.56 Å². The number of fused-ring (bicyclic) bond motifs is 1. The number of para-hydroxylation sites is 1. The molecule has 8 heteroatoms.